The average molecular weight is 275 g/mol. The molecule has 0 saturated carbocycles. The molecule has 104 valence electrons. The maximum Gasteiger partial charge on any atom is 0.434 e. The van der Waals surface area contributed by atoms with Gasteiger partial charge in [-0.3, -0.25) is 0 Å². The van der Waals surface area contributed by atoms with Crippen molar-refractivity contribution in [1.82, 2.24) is 9.97 Å². The summed E-state index contributed by atoms with van der Waals surface area (Å²) in [6.07, 6.45) is -1.32. The highest BCUT2D eigenvalue weighted by molar-refractivity contribution is 5.88. The Kier molecular flexibility index (Phi) is 3.59. The van der Waals surface area contributed by atoms with Crippen molar-refractivity contribution in [3.8, 4) is 0 Å². The lowest BCUT2D eigenvalue weighted by Crippen LogP contribution is -2.32. The van der Waals surface area contributed by atoms with Crippen molar-refractivity contribution in [3.63, 3.8) is 0 Å². The fraction of sp³-hybridized carbons (Fsp3) is 0.545. The van der Waals surface area contributed by atoms with Crippen molar-refractivity contribution in [2.45, 2.75) is 25.4 Å². The van der Waals surface area contributed by atoms with E-state index >= 15 is 0 Å². The van der Waals surface area contributed by atoms with Crippen molar-refractivity contribution in [2.24, 2.45) is 0 Å². The number of hydrogen-bond acceptors (Lipinski definition) is 4. The molecule has 1 N–H and O–H groups in total. The molecule has 1 aromatic heterocycles. The molecular weight excluding hydrogens is 263 g/mol. The molecule has 0 unspecified atom stereocenters. The van der Waals surface area contributed by atoms with Crippen LogP contribution in [0, 0.1) is 0 Å². The van der Waals surface area contributed by atoms with E-state index in [0.29, 0.717) is 13.1 Å². The highest BCUT2D eigenvalue weighted by atomic mass is 19.4. The van der Waals surface area contributed by atoms with Crippen LogP contribution in [0.5, 0.6) is 0 Å². The molecule has 19 heavy (non-hydrogen) atoms. The second-order valence-corrected chi connectivity index (χ2v) is 4.28. The minimum Gasteiger partial charge on any atom is -0.478 e. The summed E-state index contributed by atoms with van der Waals surface area (Å²) in [5, 5.41) is 8.74. The number of piperidine rings is 1. The molecule has 0 aromatic carbocycles. The first-order valence-electron chi connectivity index (χ1n) is 5.82. The lowest BCUT2D eigenvalue weighted by Gasteiger charge is -2.27. The molecule has 2 heterocycles. The van der Waals surface area contributed by atoms with Gasteiger partial charge in [0.05, 0.1) is 0 Å². The number of alkyl halides is 3. The number of anilines is 1. The number of aromatic nitrogens is 2. The van der Waals surface area contributed by atoms with Crippen molar-refractivity contribution >= 4 is 11.9 Å². The molecule has 0 aliphatic carbocycles. The van der Waals surface area contributed by atoms with Gasteiger partial charge in [0.25, 0.3) is 0 Å². The Morgan fingerprint density at radius 3 is 2.42 bits per heavy atom. The van der Waals surface area contributed by atoms with Gasteiger partial charge in [0.1, 0.15) is 5.56 Å². The van der Waals surface area contributed by atoms with Gasteiger partial charge in [-0.05, 0) is 19.3 Å². The number of nitrogens with zero attached hydrogens (tertiary/aromatic N) is 3. The summed E-state index contributed by atoms with van der Waals surface area (Å²) in [5.74, 6) is -1.74. The number of rotatable bonds is 2. The Bertz CT molecular complexity index is 485. The monoisotopic (exact) mass is 275 g/mol. The standard InChI is InChI=1S/C11H12F3N3O2/c12-11(13,14)8-7(9(18)19)6-15-10(16-8)17-4-2-1-3-5-17/h6H,1-5H2,(H,18,19). The van der Waals surface area contributed by atoms with Crippen LogP contribution in [0.3, 0.4) is 0 Å². The van der Waals surface area contributed by atoms with Crippen LogP contribution in [-0.2, 0) is 6.18 Å². The van der Waals surface area contributed by atoms with Gasteiger partial charge in [0, 0.05) is 19.3 Å². The second-order valence-electron chi connectivity index (χ2n) is 4.28. The lowest BCUT2D eigenvalue weighted by molar-refractivity contribution is -0.141. The Morgan fingerprint density at radius 1 is 1.26 bits per heavy atom. The zero-order valence-corrected chi connectivity index (χ0v) is 9.94. The first-order chi connectivity index (χ1) is 8.89. The number of carboxylic acid groups (broad SMARTS) is 1. The zero-order chi connectivity index (χ0) is 14.0. The zero-order valence-electron chi connectivity index (χ0n) is 9.94. The van der Waals surface area contributed by atoms with E-state index in [0.717, 1.165) is 25.5 Å². The quantitative estimate of drug-likeness (QED) is 0.896. The van der Waals surface area contributed by atoms with Crippen LogP contribution in [0.4, 0.5) is 19.1 Å². The highest BCUT2D eigenvalue weighted by Crippen LogP contribution is 2.31. The molecule has 2 rings (SSSR count). The summed E-state index contributed by atoms with van der Waals surface area (Å²) in [6.45, 7) is 1.17. The predicted molar refractivity (Wildman–Crippen MR) is 60.1 cm³/mol. The first kappa shape index (κ1) is 13.6. The van der Waals surface area contributed by atoms with Gasteiger partial charge in [0.15, 0.2) is 5.69 Å². The normalized spacial score (nSPS) is 16.5. The molecule has 0 radical (unpaired) electrons. The maximum atomic E-state index is 12.8. The molecule has 0 spiro atoms. The SMILES string of the molecule is O=C(O)c1cnc(N2CCCCC2)nc1C(F)(F)F. The summed E-state index contributed by atoms with van der Waals surface area (Å²) in [5.41, 5.74) is -2.32. The van der Waals surface area contributed by atoms with E-state index in [1.807, 2.05) is 0 Å². The minimum atomic E-state index is -4.80. The van der Waals surface area contributed by atoms with Crippen molar-refractivity contribution in [1.29, 1.82) is 0 Å². The second kappa shape index (κ2) is 5.02. The van der Waals surface area contributed by atoms with Crippen LogP contribution in [0.15, 0.2) is 6.20 Å². The van der Waals surface area contributed by atoms with Crippen LogP contribution in [0.1, 0.15) is 35.3 Å². The van der Waals surface area contributed by atoms with Gasteiger partial charge in [0.2, 0.25) is 5.95 Å². The molecule has 0 atom stereocenters. The van der Waals surface area contributed by atoms with E-state index in [-0.39, 0.29) is 5.95 Å². The summed E-state index contributed by atoms with van der Waals surface area (Å²) < 4.78 is 38.4. The van der Waals surface area contributed by atoms with Gasteiger partial charge >= 0.3 is 12.1 Å². The van der Waals surface area contributed by atoms with E-state index in [1.54, 1.807) is 4.90 Å². The predicted octanol–water partition coefficient (Wildman–Crippen LogP) is 2.18. The van der Waals surface area contributed by atoms with Crippen LogP contribution in [0.25, 0.3) is 0 Å². The third-order valence-electron chi connectivity index (χ3n) is 2.91. The molecule has 1 saturated heterocycles. The summed E-state index contributed by atoms with van der Waals surface area (Å²) in [6, 6.07) is 0. The third kappa shape index (κ3) is 2.94. The Morgan fingerprint density at radius 2 is 1.89 bits per heavy atom. The van der Waals surface area contributed by atoms with Gasteiger partial charge in [-0.25, -0.2) is 14.8 Å². The molecule has 1 aliphatic heterocycles. The van der Waals surface area contributed by atoms with Crippen LogP contribution < -0.4 is 4.90 Å². The smallest absolute Gasteiger partial charge is 0.434 e. The van der Waals surface area contributed by atoms with Crippen molar-refractivity contribution < 1.29 is 23.1 Å². The number of hydrogen-bond donors (Lipinski definition) is 1. The van der Waals surface area contributed by atoms with E-state index < -0.39 is 23.4 Å². The molecule has 1 aromatic rings. The maximum absolute atomic E-state index is 12.8. The van der Waals surface area contributed by atoms with Crippen molar-refractivity contribution in [2.75, 3.05) is 18.0 Å². The minimum absolute atomic E-state index is 0.0583. The molecule has 8 heteroatoms. The van der Waals surface area contributed by atoms with E-state index in [4.69, 9.17) is 5.11 Å². The number of halogens is 3. The van der Waals surface area contributed by atoms with Gasteiger partial charge in [-0.15, -0.1) is 0 Å². The van der Waals surface area contributed by atoms with E-state index in [2.05, 4.69) is 9.97 Å². The van der Waals surface area contributed by atoms with Crippen molar-refractivity contribution in [3.05, 3.63) is 17.5 Å². The van der Waals surface area contributed by atoms with Gasteiger partial charge in [-0.2, -0.15) is 13.2 Å². The van der Waals surface area contributed by atoms with Crippen LogP contribution in [0.2, 0.25) is 0 Å². The number of carboxylic acids is 1. The average Bonchev–Trinajstić information content (AvgIpc) is 2.38. The summed E-state index contributed by atoms with van der Waals surface area (Å²) in [7, 11) is 0. The first-order valence-corrected chi connectivity index (χ1v) is 5.82. The summed E-state index contributed by atoms with van der Waals surface area (Å²) >= 11 is 0. The van der Waals surface area contributed by atoms with Crippen LogP contribution in [-0.4, -0.2) is 34.1 Å². The largest absolute Gasteiger partial charge is 0.478 e. The molecule has 1 aliphatic rings. The molecule has 0 amide bonds. The molecular formula is C11H12F3N3O2. The van der Waals surface area contributed by atoms with Crippen LogP contribution >= 0.6 is 0 Å². The number of aromatic carboxylic acids is 1. The fourth-order valence-corrected chi connectivity index (χ4v) is 1.99. The Balaban J connectivity index is 2.40. The summed E-state index contributed by atoms with van der Waals surface area (Å²) in [4.78, 5) is 19.5. The highest BCUT2D eigenvalue weighted by Gasteiger charge is 2.38. The van der Waals surface area contributed by atoms with E-state index in [1.165, 1.54) is 0 Å². The van der Waals surface area contributed by atoms with Gasteiger partial charge < -0.3 is 10.0 Å². The fourth-order valence-electron chi connectivity index (χ4n) is 1.99. The number of carbonyl (C=O) groups is 1. The van der Waals surface area contributed by atoms with E-state index in [9.17, 15) is 18.0 Å². The topological polar surface area (TPSA) is 66.3 Å². The lowest BCUT2D eigenvalue weighted by atomic mass is 10.1. The molecule has 5 nitrogen and oxygen atoms in total. The third-order valence-corrected chi connectivity index (χ3v) is 2.91. The molecule has 1 fully saturated rings. The van der Waals surface area contributed by atoms with Gasteiger partial charge in [-0.1, -0.05) is 0 Å². The molecule has 0 bridgehead atoms. The Labute approximate surface area is 107 Å². The Hall–Kier alpha value is -1.86.